The molecule has 0 fully saturated rings. The van der Waals surface area contributed by atoms with E-state index in [4.69, 9.17) is 0 Å². The Morgan fingerprint density at radius 2 is 2.12 bits per heavy atom. The van der Waals surface area contributed by atoms with Gasteiger partial charge in [0.05, 0.1) is 0 Å². The fourth-order valence-corrected chi connectivity index (χ4v) is 2.66. The molecule has 16 heavy (non-hydrogen) atoms. The smallest absolute Gasteiger partial charge is 0.124 e. The van der Waals surface area contributed by atoms with Gasteiger partial charge in [-0.3, -0.25) is 0 Å². The molecule has 0 aliphatic heterocycles. The first-order valence-corrected chi connectivity index (χ1v) is 6.95. The van der Waals surface area contributed by atoms with Crippen molar-refractivity contribution in [3.63, 3.8) is 0 Å². The molecule has 1 aromatic carbocycles. The fourth-order valence-electron chi connectivity index (χ4n) is 1.81. The summed E-state index contributed by atoms with van der Waals surface area (Å²) in [5.74, 6) is -0.154. The average molecular weight is 335 g/mol. The topological polar surface area (TPSA) is 12.0 Å². The zero-order valence-corrected chi connectivity index (χ0v) is 12.1. The largest absolute Gasteiger partial charge is 0.310 e. The standard InChI is InChI=1S/C13H19FIN/c1-3-5-6-13(16-4-2)11-8-7-10(14)9-12(11)15/h7-9,13,16H,3-6H2,1-2H3. The van der Waals surface area contributed by atoms with Crippen molar-refractivity contribution in [3.8, 4) is 0 Å². The van der Waals surface area contributed by atoms with E-state index < -0.39 is 0 Å². The van der Waals surface area contributed by atoms with Crippen molar-refractivity contribution in [3.05, 3.63) is 33.1 Å². The number of hydrogen-bond acceptors (Lipinski definition) is 1. The summed E-state index contributed by atoms with van der Waals surface area (Å²) in [6, 6.07) is 5.41. The molecule has 0 bridgehead atoms. The molecule has 0 amide bonds. The second kappa shape index (κ2) is 7.22. The fraction of sp³-hybridized carbons (Fsp3) is 0.538. The van der Waals surface area contributed by atoms with Crippen molar-refractivity contribution in [2.75, 3.05) is 6.54 Å². The predicted molar refractivity (Wildman–Crippen MR) is 75.1 cm³/mol. The molecule has 0 radical (unpaired) electrons. The number of unbranched alkanes of at least 4 members (excludes halogenated alkanes) is 1. The van der Waals surface area contributed by atoms with Crippen LogP contribution in [0.25, 0.3) is 0 Å². The van der Waals surface area contributed by atoms with E-state index in [-0.39, 0.29) is 5.82 Å². The lowest BCUT2D eigenvalue weighted by atomic mass is 10.0. The van der Waals surface area contributed by atoms with E-state index >= 15 is 0 Å². The van der Waals surface area contributed by atoms with Crippen LogP contribution in [0.15, 0.2) is 18.2 Å². The zero-order valence-electron chi connectivity index (χ0n) is 9.89. The van der Waals surface area contributed by atoms with Gasteiger partial charge in [-0.15, -0.1) is 0 Å². The normalized spacial score (nSPS) is 12.8. The Hall–Kier alpha value is -0.160. The first-order valence-electron chi connectivity index (χ1n) is 5.87. The molecule has 0 aliphatic rings. The van der Waals surface area contributed by atoms with Crippen LogP contribution in [0.4, 0.5) is 4.39 Å². The van der Waals surface area contributed by atoms with Crippen LogP contribution in [0.1, 0.15) is 44.7 Å². The van der Waals surface area contributed by atoms with Crippen LogP contribution in [0.5, 0.6) is 0 Å². The van der Waals surface area contributed by atoms with Crippen LogP contribution in [0.3, 0.4) is 0 Å². The SMILES string of the molecule is CCCCC(NCC)c1ccc(F)cc1I. The molecule has 1 unspecified atom stereocenters. The highest BCUT2D eigenvalue weighted by molar-refractivity contribution is 14.1. The number of nitrogens with one attached hydrogen (secondary N) is 1. The number of halogens is 2. The van der Waals surface area contributed by atoms with Crippen LogP contribution in [-0.2, 0) is 0 Å². The maximum Gasteiger partial charge on any atom is 0.124 e. The van der Waals surface area contributed by atoms with E-state index in [0.29, 0.717) is 6.04 Å². The van der Waals surface area contributed by atoms with E-state index in [0.717, 1.165) is 16.5 Å². The summed E-state index contributed by atoms with van der Waals surface area (Å²) in [6.07, 6.45) is 3.51. The van der Waals surface area contributed by atoms with Crippen molar-refractivity contribution in [2.45, 2.75) is 39.2 Å². The summed E-state index contributed by atoms with van der Waals surface area (Å²) in [4.78, 5) is 0. The second-order valence-corrected chi connectivity index (χ2v) is 5.08. The van der Waals surface area contributed by atoms with Crippen molar-refractivity contribution >= 4 is 22.6 Å². The molecule has 0 aromatic heterocycles. The monoisotopic (exact) mass is 335 g/mol. The van der Waals surface area contributed by atoms with E-state index in [1.165, 1.54) is 18.4 Å². The summed E-state index contributed by atoms with van der Waals surface area (Å²) in [5.41, 5.74) is 1.22. The molecule has 0 spiro atoms. The van der Waals surface area contributed by atoms with Crippen molar-refractivity contribution in [1.82, 2.24) is 5.32 Å². The Balaban J connectivity index is 2.82. The summed E-state index contributed by atoms with van der Waals surface area (Å²) >= 11 is 2.21. The summed E-state index contributed by atoms with van der Waals surface area (Å²) in [7, 11) is 0. The van der Waals surface area contributed by atoms with Crippen molar-refractivity contribution in [1.29, 1.82) is 0 Å². The number of rotatable bonds is 6. The Kier molecular flexibility index (Phi) is 6.28. The summed E-state index contributed by atoms with van der Waals surface area (Å²) in [6.45, 7) is 5.25. The maximum absolute atomic E-state index is 13.0. The summed E-state index contributed by atoms with van der Waals surface area (Å²) in [5, 5.41) is 3.47. The third-order valence-corrected chi connectivity index (χ3v) is 3.57. The van der Waals surface area contributed by atoms with Gasteiger partial charge in [0.15, 0.2) is 0 Å². The molecule has 0 saturated carbocycles. The van der Waals surface area contributed by atoms with Crippen LogP contribution >= 0.6 is 22.6 Å². The minimum absolute atomic E-state index is 0.154. The lowest BCUT2D eigenvalue weighted by molar-refractivity contribution is 0.492. The van der Waals surface area contributed by atoms with Gasteiger partial charge in [-0.05, 0) is 53.3 Å². The quantitative estimate of drug-likeness (QED) is 0.766. The lowest BCUT2D eigenvalue weighted by Gasteiger charge is -2.19. The molecule has 0 heterocycles. The molecule has 1 rings (SSSR count). The number of benzene rings is 1. The predicted octanol–water partition coefficient (Wildman–Crippen LogP) is 4.27. The Bertz CT molecular complexity index is 328. The van der Waals surface area contributed by atoms with Crippen molar-refractivity contribution < 1.29 is 4.39 Å². The highest BCUT2D eigenvalue weighted by Gasteiger charge is 2.13. The zero-order chi connectivity index (χ0) is 12.0. The molecule has 1 nitrogen and oxygen atoms in total. The molecule has 0 aliphatic carbocycles. The highest BCUT2D eigenvalue weighted by atomic mass is 127. The van der Waals surface area contributed by atoms with Gasteiger partial charge >= 0.3 is 0 Å². The first-order chi connectivity index (χ1) is 7.69. The third-order valence-electron chi connectivity index (χ3n) is 2.63. The van der Waals surface area contributed by atoms with E-state index in [1.807, 2.05) is 6.07 Å². The van der Waals surface area contributed by atoms with E-state index in [2.05, 4.69) is 41.8 Å². The Morgan fingerprint density at radius 1 is 1.38 bits per heavy atom. The summed E-state index contributed by atoms with van der Waals surface area (Å²) < 4.78 is 14.0. The van der Waals surface area contributed by atoms with Crippen LogP contribution < -0.4 is 5.32 Å². The molecular weight excluding hydrogens is 316 g/mol. The number of hydrogen-bond donors (Lipinski definition) is 1. The lowest BCUT2D eigenvalue weighted by Crippen LogP contribution is -2.21. The van der Waals surface area contributed by atoms with Gasteiger partial charge in [-0.25, -0.2) is 4.39 Å². The highest BCUT2D eigenvalue weighted by Crippen LogP contribution is 2.25. The maximum atomic E-state index is 13.0. The first kappa shape index (κ1) is 13.9. The van der Waals surface area contributed by atoms with Gasteiger partial charge < -0.3 is 5.32 Å². The molecule has 1 aromatic rings. The van der Waals surface area contributed by atoms with Gasteiger partial charge in [0, 0.05) is 9.61 Å². The Morgan fingerprint density at radius 3 is 2.69 bits per heavy atom. The van der Waals surface area contributed by atoms with Gasteiger partial charge in [-0.1, -0.05) is 32.8 Å². The second-order valence-electron chi connectivity index (χ2n) is 3.92. The van der Waals surface area contributed by atoms with Gasteiger partial charge in [0.25, 0.3) is 0 Å². The van der Waals surface area contributed by atoms with E-state index in [1.54, 1.807) is 12.1 Å². The molecule has 1 N–H and O–H groups in total. The molecule has 0 saturated heterocycles. The van der Waals surface area contributed by atoms with Crippen LogP contribution in [0, 0.1) is 9.39 Å². The molecule has 1 atom stereocenters. The van der Waals surface area contributed by atoms with Crippen molar-refractivity contribution in [2.24, 2.45) is 0 Å². The third kappa shape index (κ3) is 4.01. The van der Waals surface area contributed by atoms with Gasteiger partial charge in [0.2, 0.25) is 0 Å². The molecule has 3 heteroatoms. The minimum Gasteiger partial charge on any atom is -0.310 e. The minimum atomic E-state index is -0.154. The van der Waals surface area contributed by atoms with Gasteiger partial charge in [-0.2, -0.15) is 0 Å². The molecule has 90 valence electrons. The average Bonchev–Trinajstić information content (AvgIpc) is 2.25. The van der Waals surface area contributed by atoms with Crippen LogP contribution in [-0.4, -0.2) is 6.54 Å². The van der Waals surface area contributed by atoms with Gasteiger partial charge in [0.1, 0.15) is 5.82 Å². The van der Waals surface area contributed by atoms with Crippen LogP contribution in [0.2, 0.25) is 0 Å². The van der Waals surface area contributed by atoms with E-state index in [9.17, 15) is 4.39 Å². The molecular formula is C13H19FIN. The Labute approximate surface area is 111 Å².